The fourth-order valence-electron chi connectivity index (χ4n) is 2.76. The standard InChI is InChI=1S/C18H23NO4/c1-3-13-4-6-14(7-5-13)8-9-17(21)19-11-10-16(20)15(12-19)18(22)23-2/h4-7,15H,3,8-12H2,1-2H3. The van der Waals surface area contributed by atoms with Gasteiger partial charge in [0.25, 0.3) is 0 Å². The first-order valence-electron chi connectivity index (χ1n) is 8.01. The highest BCUT2D eigenvalue weighted by Gasteiger charge is 2.35. The smallest absolute Gasteiger partial charge is 0.318 e. The number of piperidine rings is 1. The summed E-state index contributed by atoms with van der Waals surface area (Å²) in [5.41, 5.74) is 2.39. The maximum Gasteiger partial charge on any atom is 0.318 e. The molecular formula is C18H23NO4. The Morgan fingerprint density at radius 3 is 2.48 bits per heavy atom. The average molecular weight is 317 g/mol. The number of carbonyl (C=O) groups excluding carboxylic acids is 3. The lowest BCUT2D eigenvalue weighted by Crippen LogP contribution is -2.47. The molecule has 1 aromatic carbocycles. The lowest BCUT2D eigenvalue weighted by atomic mass is 9.96. The van der Waals surface area contributed by atoms with Gasteiger partial charge in [-0.15, -0.1) is 0 Å². The molecule has 1 aliphatic rings. The number of ketones is 1. The van der Waals surface area contributed by atoms with Gasteiger partial charge in [0.1, 0.15) is 5.92 Å². The van der Waals surface area contributed by atoms with Gasteiger partial charge in [-0.1, -0.05) is 31.2 Å². The Labute approximate surface area is 136 Å². The van der Waals surface area contributed by atoms with E-state index in [9.17, 15) is 14.4 Å². The fourth-order valence-corrected chi connectivity index (χ4v) is 2.76. The van der Waals surface area contributed by atoms with Crippen LogP contribution in [-0.4, -0.2) is 42.8 Å². The third-order valence-electron chi connectivity index (χ3n) is 4.32. The summed E-state index contributed by atoms with van der Waals surface area (Å²) in [4.78, 5) is 37.3. The van der Waals surface area contributed by atoms with E-state index >= 15 is 0 Å². The van der Waals surface area contributed by atoms with Crippen LogP contribution < -0.4 is 0 Å². The maximum absolute atomic E-state index is 12.3. The van der Waals surface area contributed by atoms with Crippen LogP contribution in [0.1, 0.15) is 30.9 Å². The molecule has 1 heterocycles. The molecule has 0 radical (unpaired) electrons. The summed E-state index contributed by atoms with van der Waals surface area (Å²) in [7, 11) is 1.26. The van der Waals surface area contributed by atoms with Crippen molar-refractivity contribution in [2.24, 2.45) is 5.92 Å². The number of rotatable bonds is 5. The Morgan fingerprint density at radius 1 is 1.22 bits per heavy atom. The number of Topliss-reactive ketones (excluding diaryl/α,β-unsaturated/α-hetero) is 1. The van der Waals surface area contributed by atoms with Crippen LogP contribution >= 0.6 is 0 Å². The van der Waals surface area contributed by atoms with E-state index in [1.54, 1.807) is 4.90 Å². The number of likely N-dealkylation sites (tertiary alicyclic amines) is 1. The summed E-state index contributed by atoms with van der Waals surface area (Å²) in [6.07, 6.45) is 2.26. The Bertz CT molecular complexity index is 571. The van der Waals surface area contributed by atoms with Crippen molar-refractivity contribution in [2.45, 2.75) is 32.6 Å². The molecule has 1 aromatic rings. The summed E-state index contributed by atoms with van der Waals surface area (Å²) in [5, 5.41) is 0. The first kappa shape index (κ1) is 17.2. The fraction of sp³-hybridized carbons (Fsp3) is 0.500. The van der Waals surface area contributed by atoms with Crippen molar-refractivity contribution in [3.63, 3.8) is 0 Å². The highest BCUT2D eigenvalue weighted by molar-refractivity contribution is 6.00. The molecule has 0 saturated carbocycles. The number of esters is 1. The molecule has 1 unspecified atom stereocenters. The van der Waals surface area contributed by atoms with Gasteiger partial charge in [-0.3, -0.25) is 14.4 Å². The van der Waals surface area contributed by atoms with Gasteiger partial charge in [0.05, 0.1) is 7.11 Å². The van der Waals surface area contributed by atoms with Crippen molar-refractivity contribution >= 4 is 17.7 Å². The number of ether oxygens (including phenoxy) is 1. The van der Waals surface area contributed by atoms with E-state index < -0.39 is 11.9 Å². The first-order chi connectivity index (χ1) is 11.0. The summed E-state index contributed by atoms with van der Waals surface area (Å²) in [6.45, 7) is 2.63. The Hall–Kier alpha value is -2.17. The number of nitrogens with zero attached hydrogens (tertiary/aromatic N) is 1. The molecule has 0 N–H and O–H groups in total. The number of carbonyl (C=O) groups is 3. The van der Waals surface area contributed by atoms with Crippen LogP contribution in [0.5, 0.6) is 0 Å². The summed E-state index contributed by atoms with van der Waals surface area (Å²) in [5.74, 6) is -1.55. The van der Waals surface area contributed by atoms with Gasteiger partial charge < -0.3 is 9.64 Å². The number of hydrogen-bond donors (Lipinski definition) is 0. The molecule has 0 aliphatic carbocycles. The van der Waals surface area contributed by atoms with Gasteiger partial charge in [0.15, 0.2) is 5.78 Å². The van der Waals surface area contributed by atoms with Gasteiger partial charge in [-0.05, 0) is 24.0 Å². The van der Waals surface area contributed by atoms with Crippen molar-refractivity contribution < 1.29 is 19.1 Å². The second kappa shape index (κ2) is 7.90. The van der Waals surface area contributed by atoms with E-state index in [1.165, 1.54) is 12.7 Å². The van der Waals surface area contributed by atoms with Gasteiger partial charge in [-0.25, -0.2) is 0 Å². The molecule has 5 nitrogen and oxygen atoms in total. The molecule has 1 atom stereocenters. The van der Waals surface area contributed by atoms with Gasteiger partial charge in [0, 0.05) is 25.9 Å². The summed E-state index contributed by atoms with van der Waals surface area (Å²) >= 11 is 0. The SMILES string of the molecule is CCc1ccc(CCC(=O)N2CCC(=O)C(C(=O)OC)C2)cc1. The van der Waals surface area contributed by atoms with Gasteiger partial charge in [0.2, 0.25) is 5.91 Å². The lowest BCUT2D eigenvalue weighted by molar-refractivity contribution is -0.153. The number of methoxy groups -OCH3 is 1. The number of amides is 1. The zero-order valence-electron chi connectivity index (χ0n) is 13.7. The topological polar surface area (TPSA) is 63.7 Å². The molecule has 124 valence electrons. The molecule has 2 rings (SSSR count). The van der Waals surface area contributed by atoms with Crippen molar-refractivity contribution in [3.8, 4) is 0 Å². The molecule has 0 aromatic heterocycles. The van der Waals surface area contributed by atoms with Crippen molar-refractivity contribution in [3.05, 3.63) is 35.4 Å². The molecule has 0 bridgehead atoms. The normalized spacial score (nSPS) is 17.9. The van der Waals surface area contributed by atoms with E-state index in [1.807, 2.05) is 12.1 Å². The average Bonchev–Trinajstić information content (AvgIpc) is 2.59. The van der Waals surface area contributed by atoms with Crippen molar-refractivity contribution in [1.29, 1.82) is 0 Å². The third-order valence-corrected chi connectivity index (χ3v) is 4.32. The Kier molecular flexibility index (Phi) is 5.90. The molecule has 5 heteroatoms. The molecule has 1 amide bonds. The molecule has 1 fully saturated rings. The van der Waals surface area contributed by atoms with Gasteiger partial charge in [-0.2, -0.15) is 0 Å². The van der Waals surface area contributed by atoms with E-state index in [0.29, 0.717) is 19.4 Å². The Morgan fingerprint density at radius 2 is 1.87 bits per heavy atom. The predicted molar refractivity (Wildman–Crippen MR) is 85.9 cm³/mol. The second-order valence-electron chi connectivity index (χ2n) is 5.80. The minimum absolute atomic E-state index is 0.0222. The quantitative estimate of drug-likeness (QED) is 0.613. The largest absolute Gasteiger partial charge is 0.468 e. The van der Waals surface area contributed by atoms with E-state index in [2.05, 4.69) is 23.8 Å². The Balaban J connectivity index is 1.89. The van der Waals surface area contributed by atoms with Crippen molar-refractivity contribution in [2.75, 3.05) is 20.2 Å². The monoisotopic (exact) mass is 317 g/mol. The summed E-state index contributed by atoms with van der Waals surface area (Å²) < 4.78 is 4.64. The molecule has 0 spiro atoms. The minimum atomic E-state index is -0.832. The highest BCUT2D eigenvalue weighted by Crippen LogP contribution is 2.16. The number of aryl methyl sites for hydroxylation is 2. The van der Waals surface area contributed by atoms with Crippen LogP contribution in [0.3, 0.4) is 0 Å². The van der Waals surface area contributed by atoms with Crippen molar-refractivity contribution in [1.82, 2.24) is 4.90 Å². The third kappa shape index (κ3) is 4.41. The minimum Gasteiger partial charge on any atom is -0.468 e. The van der Waals surface area contributed by atoms with E-state index in [4.69, 9.17) is 0 Å². The van der Waals surface area contributed by atoms with Crippen LogP contribution in [0, 0.1) is 5.92 Å². The predicted octanol–water partition coefficient (Wildman–Crippen LogP) is 1.77. The highest BCUT2D eigenvalue weighted by atomic mass is 16.5. The number of hydrogen-bond acceptors (Lipinski definition) is 4. The van der Waals surface area contributed by atoms with Crippen LogP contribution in [-0.2, 0) is 32.0 Å². The molecule has 1 saturated heterocycles. The second-order valence-corrected chi connectivity index (χ2v) is 5.80. The van der Waals surface area contributed by atoms with Gasteiger partial charge >= 0.3 is 5.97 Å². The van der Waals surface area contributed by atoms with Crippen LogP contribution in [0.4, 0.5) is 0 Å². The van der Waals surface area contributed by atoms with E-state index in [-0.39, 0.29) is 24.7 Å². The van der Waals surface area contributed by atoms with Crippen LogP contribution in [0.25, 0.3) is 0 Å². The zero-order valence-corrected chi connectivity index (χ0v) is 13.7. The molecular weight excluding hydrogens is 294 g/mol. The van der Waals surface area contributed by atoms with E-state index in [0.717, 1.165) is 12.0 Å². The molecule has 23 heavy (non-hydrogen) atoms. The first-order valence-corrected chi connectivity index (χ1v) is 8.01. The van der Waals surface area contributed by atoms with Crippen LogP contribution in [0.2, 0.25) is 0 Å². The lowest BCUT2D eigenvalue weighted by Gasteiger charge is -2.30. The summed E-state index contributed by atoms with van der Waals surface area (Å²) in [6, 6.07) is 8.24. The zero-order chi connectivity index (χ0) is 16.8. The van der Waals surface area contributed by atoms with Crippen LogP contribution in [0.15, 0.2) is 24.3 Å². The maximum atomic E-state index is 12.3. The number of benzene rings is 1. The molecule has 1 aliphatic heterocycles.